The Bertz CT molecular complexity index is 494. The predicted octanol–water partition coefficient (Wildman–Crippen LogP) is 1.28. The number of hydrogen-bond acceptors (Lipinski definition) is 5. The Labute approximate surface area is 122 Å². The molecule has 0 aliphatic carbocycles. The molecule has 0 saturated heterocycles. The molecule has 0 bridgehead atoms. The lowest BCUT2D eigenvalue weighted by atomic mass is 10.1. The van der Waals surface area contributed by atoms with Gasteiger partial charge in [-0.25, -0.2) is 4.79 Å². The summed E-state index contributed by atoms with van der Waals surface area (Å²) < 4.78 is 0. The second-order valence-electron chi connectivity index (χ2n) is 4.35. The molecule has 0 fully saturated rings. The number of nitrogens with zero attached hydrogens (tertiary/aromatic N) is 2. The zero-order valence-electron chi connectivity index (χ0n) is 11.8. The summed E-state index contributed by atoms with van der Waals surface area (Å²) >= 11 is 1.54. The van der Waals surface area contributed by atoms with Crippen LogP contribution in [0.25, 0.3) is 0 Å². The first kappa shape index (κ1) is 16.4. The predicted molar refractivity (Wildman–Crippen MR) is 78.0 cm³/mol. The number of carbonyl (C=O) groups is 2. The maximum Gasteiger partial charge on any atom is 0.326 e. The molecule has 20 heavy (non-hydrogen) atoms. The highest BCUT2D eigenvalue weighted by atomic mass is 32.2. The molecule has 0 spiro atoms. The highest BCUT2D eigenvalue weighted by Crippen LogP contribution is 2.09. The molecule has 6 nitrogen and oxygen atoms in total. The Kier molecular flexibility index (Phi) is 6.44. The average molecular weight is 297 g/mol. The topological polar surface area (TPSA) is 92.2 Å². The fourth-order valence-electron chi connectivity index (χ4n) is 1.70. The molecule has 0 unspecified atom stereocenters. The van der Waals surface area contributed by atoms with E-state index in [4.69, 9.17) is 5.11 Å². The first-order chi connectivity index (χ1) is 9.49. The number of rotatable bonds is 7. The van der Waals surface area contributed by atoms with Gasteiger partial charge in [0.2, 0.25) is 0 Å². The number of aliphatic carboxylic acids is 1. The van der Waals surface area contributed by atoms with Gasteiger partial charge in [0.15, 0.2) is 0 Å². The van der Waals surface area contributed by atoms with Gasteiger partial charge in [-0.1, -0.05) is 6.92 Å². The molecule has 0 aliphatic heterocycles. The quantitative estimate of drug-likeness (QED) is 0.787. The largest absolute Gasteiger partial charge is 0.480 e. The Morgan fingerprint density at radius 1 is 1.45 bits per heavy atom. The van der Waals surface area contributed by atoms with E-state index in [2.05, 4.69) is 15.5 Å². The van der Waals surface area contributed by atoms with Gasteiger partial charge >= 0.3 is 5.97 Å². The molecule has 0 saturated carbocycles. The Morgan fingerprint density at radius 3 is 2.70 bits per heavy atom. The van der Waals surface area contributed by atoms with Gasteiger partial charge < -0.3 is 10.4 Å². The third kappa shape index (κ3) is 4.48. The van der Waals surface area contributed by atoms with Crippen molar-refractivity contribution in [2.45, 2.75) is 32.7 Å². The van der Waals surface area contributed by atoms with Gasteiger partial charge in [0.25, 0.3) is 5.91 Å². The number of aryl methyl sites for hydroxylation is 2. The standard InChI is InChI=1S/C13H19N3O3S/c1-4-10-9(7-8(2)15-16-10)12(17)14-11(13(18)19)5-6-20-3/h7,11H,4-6H2,1-3H3,(H,14,17)(H,18,19)/t11-/m0/s1. The van der Waals surface area contributed by atoms with Gasteiger partial charge in [-0.3, -0.25) is 4.79 Å². The maximum atomic E-state index is 12.2. The first-order valence-corrected chi connectivity index (χ1v) is 7.74. The highest BCUT2D eigenvalue weighted by molar-refractivity contribution is 7.98. The van der Waals surface area contributed by atoms with Crippen LogP contribution < -0.4 is 5.32 Å². The molecule has 7 heteroatoms. The molecule has 110 valence electrons. The van der Waals surface area contributed by atoms with Crippen molar-refractivity contribution >= 4 is 23.6 Å². The average Bonchev–Trinajstić information content (AvgIpc) is 2.42. The van der Waals surface area contributed by atoms with E-state index in [-0.39, 0.29) is 0 Å². The minimum atomic E-state index is -1.02. The Hall–Kier alpha value is -1.63. The summed E-state index contributed by atoms with van der Waals surface area (Å²) in [7, 11) is 0. The van der Waals surface area contributed by atoms with Gasteiger partial charge in [0.1, 0.15) is 6.04 Å². The van der Waals surface area contributed by atoms with Crippen molar-refractivity contribution in [3.8, 4) is 0 Å². The molecular weight excluding hydrogens is 278 g/mol. The van der Waals surface area contributed by atoms with E-state index in [1.807, 2.05) is 13.2 Å². The summed E-state index contributed by atoms with van der Waals surface area (Å²) in [6.07, 6.45) is 2.85. The van der Waals surface area contributed by atoms with Crippen molar-refractivity contribution in [2.24, 2.45) is 0 Å². The fraction of sp³-hybridized carbons (Fsp3) is 0.538. The number of carboxylic acid groups (broad SMARTS) is 1. The van der Waals surface area contributed by atoms with E-state index in [0.717, 1.165) is 0 Å². The molecule has 1 atom stereocenters. The van der Waals surface area contributed by atoms with Crippen LogP contribution in [0.5, 0.6) is 0 Å². The van der Waals surface area contributed by atoms with E-state index in [9.17, 15) is 9.59 Å². The number of nitrogens with one attached hydrogen (secondary N) is 1. The summed E-state index contributed by atoms with van der Waals surface area (Å²) in [5.41, 5.74) is 1.60. The van der Waals surface area contributed by atoms with E-state index < -0.39 is 17.9 Å². The lowest BCUT2D eigenvalue weighted by Gasteiger charge is -2.15. The minimum absolute atomic E-state index is 0.390. The lowest BCUT2D eigenvalue weighted by molar-refractivity contribution is -0.139. The van der Waals surface area contributed by atoms with Crippen molar-refractivity contribution < 1.29 is 14.7 Å². The molecule has 1 aromatic rings. The van der Waals surface area contributed by atoms with Gasteiger partial charge in [0.05, 0.1) is 17.0 Å². The van der Waals surface area contributed by atoms with Crippen molar-refractivity contribution in [3.63, 3.8) is 0 Å². The molecule has 0 aromatic carbocycles. The molecule has 2 N–H and O–H groups in total. The number of thioether (sulfide) groups is 1. The monoisotopic (exact) mass is 297 g/mol. The molecule has 1 heterocycles. The van der Waals surface area contributed by atoms with Crippen LogP contribution in [-0.4, -0.2) is 45.2 Å². The maximum absolute atomic E-state index is 12.2. The summed E-state index contributed by atoms with van der Waals surface area (Å²) in [5, 5.41) is 19.6. The van der Waals surface area contributed by atoms with Crippen LogP contribution in [0, 0.1) is 6.92 Å². The number of amides is 1. The Balaban J connectivity index is 2.88. The van der Waals surface area contributed by atoms with Gasteiger partial charge in [-0.15, -0.1) is 0 Å². The molecule has 1 aromatic heterocycles. The van der Waals surface area contributed by atoms with Crippen LogP contribution in [0.3, 0.4) is 0 Å². The number of carbonyl (C=O) groups excluding carboxylic acids is 1. The summed E-state index contributed by atoms with van der Waals surface area (Å²) in [5.74, 6) is -0.761. The van der Waals surface area contributed by atoms with Gasteiger partial charge in [-0.05, 0) is 37.8 Å². The van der Waals surface area contributed by atoms with Crippen molar-refractivity contribution in [1.82, 2.24) is 15.5 Å². The number of carboxylic acids is 1. The van der Waals surface area contributed by atoms with Crippen LogP contribution in [0.1, 0.15) is 35.1 Å². The fourth-order valence-corrected chi connectivity index (χ4v) is 2.17. The molecule has 0 radical (unpaired) electrons. The SMILES string of the molecule is CCc1nnc(C)cc1C(=O)N[C@@H](CCSC)C(=O)O. The number of aromatic nitrogens is 2. The van der Waals surface area contributed by atoms with Crippen LogP contribution in [-0.2, 0) is 11.2 Å². The summed E-state index contributed by atoms with van der Waals surface area (Å²) in [4.78, 5) is 23.3. The third-order valence-electron chi connectivity index (χ3n) is 2.79. The van der Waals surface area contributed by atoms with E-state index in [1.54, 1.807) is 24.8 Å². The summed E-state index contributed by atoms with van der Waals surface area (Å²) in [6.45, 7) is 3.62. The van der Waals surface area contributed by atoms with Crippen LogP contribution in [0.2, 0.25) is 0 Å². The normalized spacial score (nSPS) is 11.9. The van der Waals surface area contributed by atoms with Crippen LogP contribution in [0.4, 0.5) is 0 Å². The highest BCUT2D eigenvalue weighted by Gasteiger charge is 2.22. The Morgan fingerprint density at radius 2 is 2.15 bits per heavy atom. The molecule has 1 rings (SSSR count). The molecule has 1 amide bonds. The van der Waals surface area contributed by atoms with E-state index >= 15 is 0 Å². The second kappa shape index (κ2) is 7.84. The van der Waals surface area contributed by atoms with Crippen molar-refractivity contribution in [3.05, 3.63) is 23.0 Å². The van der Waals surface area contributed by atoms with E-state index in [0.29, 0.717) is 35.5 Å². The number of hydrogen-bond donors (Lipinski definition) is 2. The van der Waals surface area contributed by atoms with Crippen LogP contribution >= 0.6 is 11.8 Å². The van der Waals surface area contributed by atoms with E-state index in [1.165, 1.54) is 0 Å². The second-order valence-corrected chi connectivity index (χ2v) is 5.33. The zero-order chi connectivity index (χ0) is 15.1. The van der Waals surface area contributed by atoms with Crippen LogP contribution in [0.15, 0.2) is 6.07 Å². The third-order valence-corrected chi connectivity index (χ3v) is 3.43. The van der Waals surface area contributed by atoms with Gasteiger partial charge in [0, 0.05) is 0 Å². The lowest BCUT2D eigenvalue weighted by Crippen LogP contribution is -2.41. The minimum Gasteiger partial charge on any atom is -0.480 e. The van der Waals surface area contributed by atoms with Crippen molar-refractivity contribution in [1.29, 1.82) is 0 Å². The van der Waals surface area contributed by atoms with Crippen molar-refractivity contribution in [2.75, 3.05) is 12.0 Å². The summed E-state index contributed by atoms with van der Waals surface area (Å²) in [6, 6.07) is 0.752. The molecule has 0 aliphatic rings. The smallest absolute Gasteiger partial charge is 0.326 e. The van der Waals surface area contributed by atoms with Gasteiger partial charge in [-0.2, -0.15) is 22.0 Å². The first-order valence-electron chi connectivity index (χ1n) is 6.35. The zero-order valence-corrected chi connectivity index (χ0v) is 12.7. The molecular formula is C13H19N3O3S.